The van der Waals surface area contributed by atoms with E-state index in [9.17, 15) is 32.9 Å². The fourth-order valence-corrected chi connectivity index (χ4v) is 2.05. The summed E-state index contributed by atoms with van der Waals surface area (Å²) in [6.45, 7) is 0. The highest BCUT2D eigenvalue weighted by Gasteiger charge is 2.30. The highest BCUT2D eigenvalue weighted by Crippen LogP contribution is 2.29. The third kappa shape index (κ3) is 5.03. The number of hydrazine groups is 1. The molecule has 26 heavy (non-hydrogen) atoms. The van der Waals surface area contributed by atoms with E-state index in [2.05, 4.69) is 0 Å². The fraction of sp³-hybridized carbons (Fsp3) is 0.125. The summed E-state index contributed by atoms with van der Waals surface area (Å²) in [4.78, 5) is 33.6. The molecule has 2 aromatic rings. The van der Waals surface area contributed by atoms with Crippen molar-refractivity contribution in [2.24, 2.45) is 0 Å². The second kappa shape index (κ2) is 7.64. The van der Waals surface area contributed by atoms with Crippen LogP contribution in [0.3, 0.4) is 0 Å². The molecule has 2 aromatic carbocycles. The minimum Gasteiger partial charge on any atom is -0.273 e. The van der Waals surface area contributed by atoms with E-state index in [0.29, 0.717) is 0 Å². The van der Waals surface area contributed by atoms with E-state index in [4.69, 9.17) is 0 Å². The standard InChI is InChI=1S/C16H12F3N3O4/c17-16(18,19)12-5-1-3-10(7-12)8-14(23)20-21-15(24)11-4-2-6-13(9-11)22(25)26/h1-7,9H,8H2,(H,20,23)(H,21,24). The first-order valence-electron chi connectivity index (χ1n) is 7.16. The number of halogens is 3. The zero-order chi connectivity index (χ0) is 19.3. The first-order chi connectivity index (χ1) is 12.2. The van der Waals surface area contributed by atoms with Crippen molar-refractivity contribution in [1.82, 2.24) is 10.9 Å². The van der Waals surface area contributed by atoms with Crippen LogP contribution in [0.1, 0.15) is 21.5 Å². The molecular formula is C16H12F3N3O4. The van der Waals surface area contributed by atoms with Gasteiger partial charge >= 0.3 is 6.18 Å². The van der Waals surface area contributed by atoms with Crippen molar-refractivity contribution in [3.63, 3.8) is 0 Å². The van der Waals surface area contributed by atoms with E-state index < -0.39 is 28.5 Å². The van der Waals surface area contributed by atoms with Crippen molar-refractivity contribution in [3.05, 3.63) is 75.3 Å². The van der Waals surface area contributed by atoms with Crippen LogP contribution in [0.5, 0.6) is 0 Å². The number of hydrogen-bond donors (Lipinski definition) is 2. The van der Waals surface area contributed by atoms with E-state index in [1.165, 1.54) is 30.3 Å². The third-order valence-electron chi connectivity index (χ3n) is 3.25. The average molecular weight is 367 g/mol. The van der Waals surface area contributed by atoms with Gasteiger partial charge in [0.2, 0.25) is 5.91 Å². The number of benzene rings is 2. The highest BCUT2D eigenvalue weighted by atomic mass is 19.4. The van der Waals surface area contributed by atoms with Gasteiger partial charge in [-0.2, -0.15) is 13.2 Å². The predicted octanol–water partition coefficient (Wildman–Crippen LogP) is 2.62. The minimum atomic E-state index is -4.53. The van der Waals surface area contributed by atoms with Crippen LogP contribution < -0.4 is 10.9 Å². The molecule has 0 aromatic heterocycles. The molecule has 10 heteroatoms. The first kappa shape index (κ1) is 18.9. The van der Waals surface area contributed by atoms with Crippen molar-refractivity contribution >= 4 is 17.5 Å². The normalized spacial score (nSPS) is 10.9. The van der Waals surface area contributed by atoms with Gasteiger partial charge in [-0.3, -0.25) is 30.6 Å². The molecule has 0 unspecified atom stereocenters. The summed E-state index contributed by atoms with van der Waals surface area (Å²) < 4.78 is 37.9. The lowest BCUT2D eigenvalue weighted by Crippen LogP contribution is -2.42. The van der Waals surface area contributed by atoms with Crippen LogP contribution >= 0.6 is 0 Å². The van der Waals surface area contributed by atoms with Crippen LogP contribution in [0.4, 0.5) is 18.9 Å². The van der Waals surface area contributed by atoms with Gasteiger partial charge in [0.15, 0.2) is 0 Å². The lowest BCUT2D eigenvalue weighted by molar-refractivity contribution is -0.384. The van der Waals surface area contributed by atoms with Crippen LogP contribution in [0.15, 0.2) is 48.5 Å². The van der Waals surface area contributed by atoms with Crippen LogP contribution in [0, 0.1) is 10.1 Å². The largest absolute Gasteiger partial charge is 0.416 e. The van der Waals surface area contributed by atoms with Gasteiger partial charge in [0.05, 0.1) is 16.9 Å². The van der Waals surface area contributed by atoms with Crippen LogP contribution in [0.25, 0.3) is 0 Å². The molecule has 0 spiro atoms. The Bertz CT molecular complexity index is 853. The van der Waals surface area contributed by atoms with Gasteiger partial charge in [-0.1, -0.05) is 24.3 Å². The zero-order valence-electron chi connectivity index (χ0n) is 13.0. The molecule has 0 bridgehead atoms. The Morgan fingerprint density at radius 1 is 1.04 bits per heavy atom. The van der Waals surface area contributed by atoms with Crippen LogP contribution in [-0.2, 0) is 17.4 Å². The SMILES string of the molecule is O=C(Cc1cccc(C(F)(F)F)c1)NNC(=O)c1cccc([N+](=O)[O-])c1. The average Bonchev–Trinajstić information content (AvgIpc) is 2.59. The molecule has 0 aliphatic carbocycles. The molecule has 0 saturated heterocycles. The molecule has 0 fully saturated rings. The Morgan fingerprint density at radius 3 is 2.38 bits per heavy atom. The maximum Gasteiger partial charge on any atom is 0.416 e. The summed E-state index contributed by atoms with van der Waals surface area (Å²) in [7, 11) is 0. The van der Waals surface area contributed by atoms with E-state index >= 15 is 0 Å². The number of rotatable bonds is 4. The molecule has 0 heterocycles. The van der Waals surface area contributed by atoms with Crippen molar-refractivity contribution < 1.29 is 27.7 Å². The summed E-state index contributed by atoms with van der Waals surface area (Å²) in [5.74, 6) is -1.55. The zero-order valence-corrected chi connectivity index (χ0v) is 13.0. The van der Waals surface area contributed by atoms with Gasteiger partial charge in [-0.25, -0.2) is 0 Å². The van der Waals surface area contributed by atoms with Gasteiger partial charge < -0.3 is 0 Å². The van der Waals surface area contributed by atoms with E-state index in [1.54, 1.807) is 0 Å². The maximum absolute atomic E-state index is 12.6. The molecule has 2 N–H and O–H groups in total. The first-order valence-corrected chi connectivity index (χ1v) is 7.16. The monoisotopic (exact) mass is 367 g/mol. The van der Waals surface area contributed by atoms with E-state index in [1.807, 2.05) is 10.9 Å². The van der Waals surface area contributed by atoms with Gasteiger partial charge in [-0.05, 0) is 17.7 Å². The molecule has 136 valence electrons. The van der Waals surface area contributed by atoms with Crippen molar-refractivity contribution in [2.75, 3.05) is 0 Å². The lowest BCUT2D eigenvalue weighted by Gasteiger charge is -2.10. The fourth-order valence-electron chi connectivity index (χ4n) is 2.05. The molecule has 2 rings (SSSR count). The van der Waals surface area contributed by atoms with Gasteiger partial charge in [0, 0.05) is 17.7 Å². The number of nitrogens with zero attached hydrogens (tertiary/aromatic N) is 1. The Balaban J connectivity index is 1.96. The van der Waals surface area contributed by atoms with Crippen LogP contribution in [-0.4, -0.2) is 16.7 Å². The summed E-state index contributed by atoms with van der Waals surface area (Å²) in [6, 6.07) is 9.06. The molecule has 0 aliphatic heterocycles. The summed E-state index contributed by atoms with van der Waals surface area (Å²) >= 11 is 0. The number of non-ortho nitro benzene ring substituents is 1. The van der Waals surface area contributed by atoms with Gasteiger partial charge in [0.25, 0.3) is 11.6 Å². The Labute approximate surface area is 144 Å². The molecule has 0 saturated carbocycles. The topological polar surface area (TPSA) is 101 Å². The molecule has 0 radical (unpaired) electrons. The maximum atomic E-state index is 12.6. The lowest BCUT2D eigenvalue weighted by atomic mass is 10.1. The quantitative estimate of drug-likeness (QED) is 0.641. The smallest absolute Gasteiger partial charge is 0.273 e. The summed E-state index contributed by atoms with van der Waals surface area (Å²) in [6.07, 6.45) is -4.91. The minimum absolute atomic E-state index is 0.0569. The van der Waals surface area contributed by atoms with E-state index in [0.717, 1.165) is 18.2 Å². The number of nitrogens with one attached hydrogen (secondary N) is 2. The van der Waals surface area contributed by atoms with Crippen molar-refractivity contribution in [3.8, 4) is 0 Å². The summed E-state index contributed by atoms with van der Waals surface area (Å²) in [5.41, 5.74) is 2.97. The molecule has 0 atom stereocenters. The Kier molecular flexibility index (Phi) is 5.55. The molecule has 0 aliphatic rings. The second-order valence-electron chi connectivity index (χ2n) is 5.18. The van der Waals surface area contributed by atoms with Crippen molar-refractivity contribution in [2.45, 2.75) is 12.6 Å². The second-order valence-corrected chi connectivity index (χ2v) is 5.18. The van der Waals surface area contributed by atoms with Gasteiger partial charge in [-0.15, -0.1) is 0 Å². The molecule has 7 nitrogen and oxygen atoms in total. The van der Waals surface area contributed by atoms with E-state index in [-0.39, 0.29) is 23.2 Å². The number of hydrogen-bond acceptors (Lipinski definition) is 4. The molecule has 2 amide bonds. The third-order valence-corrected chi connectivity index (χ3v) is 3.25. The molecular weight excluding hydrogens is 355 g/mol. The number of amides is 2. The predicted molar refractivity (Wildman–Crippen MR) is 83.9 cm³/mol. The van der Waals surface area contributed by atoms with Crippen molar-refractivity contribution in [1.29, 1.82) is 0 Å². The number of carbonyl (C=O) groups excluding carboxylic acids is 2. The number of alkyl halides is 3. The number of nitro groups is 1. The Morgan fingerprint density at radius 2 is 1.73 bits per heavy atom. The Hall–Kier alpha value is -3.43. The van der Waals surface area contributed by atoms with Gasteiger partial charge in [0.1, 0.15) is 0 Å². The summed E-state index contributed by atoms with van der Waals surface area (Å²) in [5, 5.41) is 10.7. The highest BCUT2D eigenvalue weighted by molar-refractivity contribution is 5.96. The van der Waals surface area contributed by atoms with Crippen LogP contribution in [0.2, 0.25) is 0 Å². The number of carbonyl (C=O) groups is 2. The number of nitro benzene ring substituents is 1.